The summed E-state index contributed by atoms with van der Waals surface area (Å²) in [6.45, 7) is 5.94. The molecule has 1 N–H and O–H groups in total. The Morgan fingerprint density at radius 2 is 2.16 bits per heavy atom. The zero-order chi connectivity index (χ0) is 14.2. The van der Waals surface area contributed by atoms with Crippen molar-refractivity contribution in [2.75, 3.05) is 0 Å². The van der Waals surface area contributed by atoms with Crippen molar-refractivity contribution in [2.45, 2.75) is 45.3 Å². The van der Waals surface area contributed by atoms with Crippen molar-refractivity contribution < 1.29 is 9.59 Å². The van der Waals surface area contributed by atoms with E-state index >= 15 is 0 Å². The third kappa shape index (κ3) is 2.56. The first-order valence-electron chi connectivity index (χ1n) is 6.22. The van der Waals surface area contributed by atoms with Gasteiger partial charge in [-0.3, -0.25) is 9.59 Å². The van der Waals surface area contributed by atoms with E-state index in [1.165, 1.54) is 0 Å². The highest BCUT2D eigenvalue weighted by atomic mass is 79.9. The van der Waals surface area contributed by atoms with Crippen molar-refractivity contribution in [3.05, 3.63) is 20.8 Å². The molecule has 1 aliphatic heterocycles. The van der Waals surface area contributed by atoms with E-state index < -0.39 is 11.6 Å². The molecule has 1 aromatic rings. The van der Waals surface area contributed by atoms with Crippen LogP contribution in [0.1, 0.15) is 32.1 Å². The normalized spacial score (nSPS) is 22.5. The summed E-state index contributed by atoms with van der Waals surface area (Å²) in [5.74, 6) is -0.0981. The number of rotatable bonds is 3. The van der Waals surface area contributed by atoms with E-state index in [0.29, 0.717) is 13.0 Å². The third-order valence-corrected chi connectivity index (χ3v) is 5.41. The van der Waals surface area contributed by atoms with Crippen LogP contribution in [-0.2, 0) is 16.1 Å². The van der Waals surface area contributed by atoms with E-state index in [2.05, 4.69) is 21.2 Å². The molecule has 1 fully saturated rings. The quantitative estimate of drug-likeness (QED) is 0.915. The van der Waals surface area contributed by atoms with Crippen molar-refractivity contribution >= 4 is 39.1 Å². The van der Waals surface area contributed by atoms with Gasteiger partial charge in [-0.15, -0.1) is 11.3 Å². The van der Waals surface area contributed by atoms with Gasteiger partial charge in [0.15, 0.2) is 0 Å². The van der Waals surface area contributed by atoms with Crippen LogP contribution in [0.15, 0.2) is 15.9 Å². The fraction of sp³-hybridized carbons (Fsp3) is 0.538. The van der Waals surface area contributed by atoms with E-state index in [9.17, 15) is 9.59 Å². The predicted molar refractivity (Wildman–Crippen MR) is 78.9 cm³/mol. The molecule has 1 atom stereocenters. The maximum Gasteiger partial charge on any atom is 0.246 e. The minimum Gasteiger partial charge on any atom is -0.342 e. The highest BCUT2D eigenvalue weighted by Gasteiger charge is 2.45. The van der Waals surface area contributed by atoms with Gasteiger partial charge in [-0.1, -0.05) is 6.92 Å². The number of thiophene rings is 1. The van der Waals surface area contributed by atoms with E-state index in [0.717, 1.165) is 9.35 Å². The van der Waals surface area contributed by atoms with Crippen molar-refractivity contribution in [3.8, 4) is 0 Å². The molecule has 0 aromatic carbocycles. The number of carbonyl (C=O) groups excluding carboxylic acids is 2. The molecule has 0 bridgehead atoms. The van der Waals surface area contributed by atoms with Crippen LogP contribution < -0.4 is 5.32 Å². The number of hydrogen-bond donors (Lipinski definition) is 1. The molecule has 19 heavy (non-hydrogen) atoms. The monoisotopic (exact) mass is 344 g/mol. The minimum absolute atomic E-state index is 0.00704. The maximum atomic E-state index is 12.5. The Bertz CT molecular complexity index is 512. The van der Waals surface area contributed by atoms with Gasteiger partial charge < -0.3 is 10.2 Å². The molecule has 1 aromatic heterocycles. The Morgan fingerprint density at radius 3 is 2.68 bits per heavy atom. The van der Waals surface area contributed by atoms with Gasteiger partial charge in [-0.05, 0) is 47.6 Å². The average Bonchev–Trinajstić information content (AvgIpc) is 2.75. The molecule has 0 radical (unpaired) electrons. The van der Waals surface area contributed by atoms with E-state index in [-0.39, 0.29) is 11.8 Å². The Morgan fingerprint density at radius 1 is 1.47 bits per heavy atom. The summed E-state index contributed by atoms with van der Waals surface area (Å²) in [6, 6.07) is 1.55. The van der Waals surface area contributed by atoms with Crippen LogP contribution >= 0.6 is 27.3 Å². The molecule has 0 spiro atoms. The first-order chi connectivity index (χ1) is 8.87. The van der Waals surface area contributed by atoms with Crippen LogP contribution in [0.2, 0.25) is 0 Å². The molecule has 4 nitrogen and oxygen atoms in total. The van der Waals surface area contributed by atoms with E-state index in [1.807, 2.05) is 18.4 Å². The fourth-order valence-electron chi connectivity index (χ4n) is 2.12. The lowest BCUT2D eigenvalue weighted by molar-refractivity contribution is -0.156. The predicted octanol–water partition coefficient (Wildman–Crippen LogP) is 2.53. The number of carbonyl (C=O) groups is 2. The number of hydrogen-bond acceptors (Lipinski definition) is 3. The van der Waals surface area contributed by atoms with Crippen LogP contribution in [0.25, 0.3) is 0 Å². The maximum absolute atomic E-state index is 12.5. The van der Waals surface area contributed by atoms with Gasteiger partial charge >= 0.3 is 0 Å². The van der Waals surface area contributed by atoms with Gasteiger partial charge in [0.1, 0.15) is 11.6 Å². The Balaban J connectivity index is 2.31. The van der Waals surface area contributed by atoms with Gasteiger partial charge in [0.25, 0.3) is 0 Å². The first-order valence-corrected chi connectivity index (χ1v) is 7.89. The third-order valence-electron chi connectivity index (χ3n) is 3.50. The number of halogens is 1. The fourth-order valence-corrected chi connectivity index (χ4v) is 3.58. The molecular formula is C13H17BrN2O2S. The zero-order valence-corrected chi connectivity index (χ0v) is 13.6. The lowest BCUT2D eigenvalue weighted by atomic mass is 9.94. The lowest BCUT2D eigenvalue weighted by Gasteiger charge is -2.44. The molecule has 2 amide bonds. The summed E-state index contributed by atoms with van der Waals surface area (Å²) in [5, 5.41) is 4.76. The van der Waals surface area contributed by atoms with Crippen LogP contribution in [0, 0.1) is 0 Å². The van der Waals surface area contributed by atoms with Crippen LogP contribution in [0.3, 0.4) is 0 Å². The number of nitrogens with one attached hydrogen (secondary N) is 1. The van der Waals surface area contributed by atoms with Crippen molar-refractivity contribution in [1.29, 1.82) is 0 Å². The SMILES string of the molecule is CCC1NC(=O)C(C)(C)N(Cc2sccc2Br)C1=O. The highest BCUT2D eigenvalue weighted by molar-refractivity contribution is 9.10. The second-order valence-corrected chi connectivity index (χ2v) is 6.96. The Hall–Kier alpha value is -0.880. The number of nitrogens with zero attached hydrogens (tertiary/aromatic N) is 1. The molecular weight excluding hydrogens is 328 g/mol. The molecule has 2 heterocycles. The van der Waals surface area contributed by atoms with Gasteiger partial charge in [0.2, 0.25) is 11.8 Å². The zero-order valence-electron chi connectivity index (χ0n) is 11.2. The molecule has 0 saturated carbocycles. The second kappa shape index (κ2) is 5.25. The second-order valence-electron chi connectivity index (χ2n) is 5.11. The average molecular weight is 345 g/mol. The topological polar surface area (TPSA) is 49.4 Å². The summed E-state index contributed by atoms with van der Waals surface area (Å²) in [5.41, 5.74) is -0.813. The standard InChI is InChI=1S/C13H17BrN2O2S/c1-4-9-11(17)16(13(2,3)12(18)15-9)7-10-8(14)5-6-19-10/h5-6,9H,4,7H2,1-3H3,(H,15,18). The lowest BCUT2D eigenvalue weighted by Crippen LogP contribution is -2.67. The molecule has 1 unspecified atom stereocenters. The van der Waals surface area contributed by atoms with E-state index in [1.54, 1.807) is 30.1 Å². The molecule has 6 heteroatoms. The summed E-state index contributed by atoms with van der Waals surface area (Å²) in [7, 11) is 0. The van der Waals surface area contributed by atoms with Crippen LogP contribution in [0.5, 0.6) is 0 Å². The van der Waals surface area contributed by atoms with Crippen molar-refractivity contribution in [3.63, 3.8) is 0 Å². The number of piperazine rings is 1. The van der Waals surface area contributed by atoms with Crippen molar-refractivity contribution in [1.82, 2.24) is 10.2 Å². The van der Waals surface area contributed by atoms with Crippen molar-refractivity contribution in [2.24, 2.45) is 0 Å². The van der Waals surface area contributed by atoms with Gasteiger partial charge in [-0.25, -0.2) is 0 Å². The van der Waals surface area contributed by atoms with Gasteiger partial charge in [0.05, 0.1) is 6.54 Å². The summed E-state index contributed by atoms with van der Waals surface area (Å²) >= 11 is 5.05. The molecule has 1 aliphatic rings. The smallest absolute Gasteiger partial charge is 0.246 e. The molecule has 2 rings (SSSR count). The Kier molecular flexibility index (Phi) is 4.01. The molecule has 104 valence electrons. The summed E-state index contributed by atoms with van der Waals surface area (Å²) in [4.78, 5) is 27.3. The highest BCUT2D eigenvalue weighted by Crippen LogP contribution is 2.29. The number of amides is 2. The van der Waals surface area contributed by atoms with Gasteiger partial charge in [-0.2, -0.15) is 0 Å². The van der Waals surface area contributed by atoms with Crippen LogP contribution in [-0.4, -0.2) is 28.3 Å². The van der Waals surface area contributed by atoms with Crippen LogP contribution in [0.4, 0.5) is 0 Å². The van der Waals surface area contributed by atoms with E-state index in [4.69, 9.17) is 0 Å². The largest absolute Gasteiger partial charge is 0.342 e. The van der Waals surface area contributed by atoms with Gasteiger partial charge in [0, 0.05) is 9.35 Å². The summed E-state index contributed by atoms with van der Waals surface area (Å²) < 4.78 is 0.986. The summed E-state index contributed by atoms with van der Waals surface area (Å²) in [6.07, 6.45) is 0.614. The molecule has 1 saturated heterocycles. The molecule has 0 aliphatic carbocycles. The Labute approximate surface area is 125 Å². The first kappa shape index (κ1) is 14.5. The minimum atomic E-state index is -0.813.